The van der Waals surface area contributed by atoms with Crippen LogP contribution in [0.25, 0.3) is 0 Å². The van der Waals surface area contributed by atoms with Gasteiger partial charge >= 0.3 is 0 Å². The van der Waals surface area contributed by atoms with Gasteiger partial charge < -0.3 is 20.1 Å². The molecule has 3 rings (SSSR count). The molecular formula is C25H43N5O2. The minimum atomic E-state index is 0.499. The molecule has 0 amide bonds. The molecule has 32 heavy (non-hydrogen) atoms. The Balaban J connectivity index is 1.37. The van der Waals surface area contributed by atoms with Crippen molar-refractivity contribution in [2.45, 2.75) is 39.3 Å². The summed E-state index contributed by atoms with van der Waals surface area (Å²) >= 11 is 0. The van der Waals surface area contributed by atoms with Crippen molar-refractivity contribution in [2.24, 2.45) is 16.8 Å². The van der Waals surface area contributed by atoms with Gasteiger partial charge in [0, 0.05) is 45.8 Å². The van der Waals surface area contributed by atoms with Crippen LogP contribution < -0.4 is 15.4 Å². The minimum Gasteiger partial charge on any atom is -0.497 e. The summed E-state index contributed by atoms with van der Waals surface area (Å²) < 4.78 is 10.8. The fourth-order valence-electron chi connectivity index (χ4n) is 4.70. The fraction of sp³-hybridized carbons (Fsp3) is 0.720. The molecule has 1 aromatic carbocycles. The number of hydrogen-bond donors (Lipinski definition) is 2. The van der Waals surface area contributed by atoms with Gasteiger partial charge in [-0.15, -0.1) is 0 Å². The zero-order chi connectivity index (χ0) is 22.8. The largest absolute Gasteiger partial charge is 0.497 e. The highest BCUT2D eigenvalue weighted by Gasteiger charge is 2.24. The molecule has 7 heteroatoms. The van der Waals surface area contributed by atoms with E-state index in [-0.39, 0.29) is 0 Å². The summed E-state index contributed by atoms with van der Waals surface area (Å²) in [6.45, 7) is 13.5. The molecule has 1 unspecified atom stereocenters. The third kappa shape index (κ3) is 7.64. The molecule has 7 nitrogen and oxygen atoms in total. The summed E-state index contributed by atoms with van der Waals surface area (Å²) in [6.07, 6.45) is 2.45. The molecular weight excluding hydrogens is 402 g/mol. The molecule has 0 aromatic heterocycles. The van der Waals surface area contributed by atoms with Crippen LogP contribution in [0, 0.1) is 11.8 Å². The Morgan fingerprint density at radius 1 is 1.09 bits per heavy atom. The van der Waals surface area contributed by atoms with Crippen molar-refractivity contribution in [1.29, 1.82) is 0 Å². The number of ether oxygens (including phenoxy) is 2. The molecule has 0 bridgehead atoms. The number of rotatable bonds is 9. The summed E-state index contributed by atoms with van der Waals surface area (Å²) in [7, 11) is 3.58. The molecule has 2 fully saturated rings. The van der Waals surface area contributed by atoms with E-state index in [4.69, 9.17) is 9.47 Å². The predicted molar refractivity (Wildman–Crippen MR) is 131 cm³/mol. The third-order valence-corrected chi connectivity index (χ3v) is 6.82. The van der Waals surface area contributed by atoms with Gasteiger partial charge in [0.25, 0.3) is 0 Å². The number of hydrogen-bond acceptors (Lipinski definition) is 5. The highest BCUT2D eigenvalue weighted by Crippen LogP contribution is 2.20. The Kier molecular flexibility index (Phi) is 10.1. The quantitative estimate of drug-likeness (QED) is 0.450. The molecule has 0 spiro atoms. The van der Waals surface area contributed by atoms with Crippen LogP contribution >= 0.6 is 0 Å². The van der Waals surface area contributed by atoms with Crippen molar-refractivity contribution in [1.82, 2.24) is 20.4 Å². The van der Waals surface area contributed by atoms with Gasteiger partial charge in [0.05, 0.1) is 20.3 Å². The lowest BCUT2D eigenvalue weighted by Crippen LogP contribution is -2.53. The van der Waals surface area contributed by atoms with Crippen molar-refractivity contribution in [2.75, 3.05) is 66.6 Å². The topological polar surface area (TPSA) is 61.4 Å². The Labute approximate surface area is 194 Å². The summed E-state index contributed by atoms with van der Waals surface area (Å²) in [4.78, 5) is 9.57. The lowest BCUT2D eigenvalue weighted by atomic mass is 9.96. The standard InChI is InChI=1S/C25H43N5O2/c1-20(2)24(30-13-15-32-16-14-30)18-28-25(26-3)27-17-21-9-11-29(12-10-21)19-22-5-7-23(31-4)8-6-22/h5-8,20-21,24H,9-19H2,1-4H3,(H2,26,27,28). The summed E-state index contributed by atoms with van der Waals surface area (Å²) in [5, 5.41) is 7.15. The lowest BCUT2D eigenvalue weighted by molar-refractivity contribution is 0.00752. The SMILES string of the molecule is CN=C(NCC1CCN(Cc2ccc(OC)cc2)CC1)NCC(C(C)C)N1CCOCC1. The summed E-state index contributed by atoms with van der Waals surface area (Å²) in [6, 6.07) is 8.94. The molecule has 1 aromatic rings. The van der Waals surface area contributed by atoms with Crippen molar-refractivity contribution in [3.05, 3.63) is 29.8 Å². The number of methoxy groups -OCH3 is 1. The second kappa shape index (κ2) is 13.0. The third-order valence-electron chi connectivity index (χ3n) is 6.82. The second-order valence-electron chi connectivity index (χ2n) is 9.36. The number of aliphatic imine (C=N–C) groups is 1. The summed E-state index contributed by atoms with van der Waals surface area (Å²) in [5.41, 5.74) is 1.35. The average molecular weight is 446 g/mol. The van der Waals surface area contributed by atoms with Gasteiger partial charge in [0.1, 0.15) is 5.75 Å². The molecule has 180 valence electrons. The van der Waals surface area contributed by atoms with E-state index >= 15 is 0 Å². The Morgan fingerprint density at radius 2 is 1.78 bits per heavy atom. The maximum absolute atomic E-state index is 5.53. The van der Waals surface area contributed by atoms with E-state index in [9.17, 15) is 0 Å². The first kappa shape index (κ1) is 24.8. The molecule has 2 saturated heterocycles. The first-order valence-electron chi connectivity index (χ1n) is 12.2. The number of likely N-dealkylation sites (tertiary alicyclic amines) is 1. The van der Waals surface area contributed by atoms with Crippen molar-refractivity contribution < 1.29 is 9.47 Å². The molecule has 2 aliphatic rings. The van der Waals surface area contributed by atoms with Gasteiger partial charge in [-0.2, -0.15) is 0 Å². The Bertz CT molecular complexity index is 680. The van der Waals surface area contributed by atoms with Gasteiger partial charge in [0.2, 0.25) is 0 Å². The molecule has 2 aliphatic heterocycles. The van der Waals surface area contributed by atoms with Crippen molar-refractivity contribution in [3.63, 3.8) is 0 Å². The molecule has 0 saturated carbocycles. The maximum Gasteiger partial charge on any atom is 0.191 e. The Hall–Kier alpha value is -1.83. The highest BCUT2D eigenvalue weighted by molar-refractivity contribution is 5.79. The van der Waals surface area contributed by atoms with E-state index in [0.29, 0.717) is 17.9 Å². The van der Waals surface area contributed by atoms with Gasteiger partial charge in [-0.25, -0.2) is 0 Å². The van der Waals surface area contributed by atoms with Crippen molar-refractivity contribution in [3.8, 4) is 5.75 Å². The summed E-state index contributed by atoms with van der Waals surface area (Å²) in [5.74, 6) is 3.13. The monoisotopic (exact) mass is 445 g/mol. The number of nitrogens with one attached hydrogen (secondary N) is 2. The van der Waals surface area contributed by atoms with Crippen LogP contribution in [0.5, 0.6) is 5.75 Å². The number of nitrogens with zero attached hydrogens (tertiary/aromatic N) is 3. The highest BCUT2D eigenvalue weighted by atomic mass is 16.5. The predicted octanol–water partition coefficient (Wildman–Crippen LogP) is 2.43. The number of benzene rings is 1. The van der Waals surface area contributed by atoms with Crippen LogP contribution in [0.4, 0.5) is 0 Å². The Morgan fingerprint density at radius 3 is 2.38 bits per heavy atom. The van der Waals surface area contributed by atoms with Crippen LogP contribution in [-0.2, 0) is 11.3 Å². The van der Waals surface area contributed by atoms with Gasteiger partial charge in [0.15, 0.2) is 5.96 Å². The van der Waals surface area contributed by atoms with E-state index in [2.05, 4.69) is 51.4 Å². The molecule has 2 N–H and O–H groups in total. The minimum absolute atomic E-state index is 0.499. The average Bonchev–Trinajstić information content (AvgIpc) is 2.83. The van der Waals surface area contributed by atoms with Gasteiger partial charge in [-0.3, -0.25) is 14.8 Å². The smallest absolute Gasteiger partial charge is 0.191 e. The molecule has 2 heterocycles. The van der Waals surface area contributed by atoms with E-state index in [1.807, 2.05) is 19.2 Å². The van der Waals surface area contributed by atoms with Gasteiger partial charge in [-0.1, -0.05) is 26.0 Å². The van der Waals surface area contributed by atoms with E-state index in [1.54, 1.807) is 7.11 Å². The van der Waals surface area contributed by atoms with E-state index in [1.165, 1.54) is 18.4 Å². The molecule has 1 atom stereocenters. The zero-order valence-electron chi connectivity index (χ0n) is 20.5. The number of guanidine groups is 1. The zero-order valence-corrected chi connectivity index (χ0v) is 20.5. The van der Waals surface area contributed by atoms with Crippen LogP contribution in [0.2, 0.25) is 0 Å². The van der Waals surface area contributed by atoms with Crippen LogP contribution in [0.15, 0.2) is 29.3 Å². The second-order valence-corrected chi connectivity index (χ2v) is 9.36. The number of morpholine rings is 1. The molecule has 0 radical (unpaired) electrons. The van der Waals surface area contributed by atoms with E-state index in [0.717, 1.165) is 70.7 Å². The van der Waals surface area contributed by atoms with E-state index < -0.39 is 0 Å². The lowest BCUT2D eigenvalue weighted by Gasteiger charge is -2.37. The van der Waals surface area contributed by atoms with Crippen LogP contribution in [0.3, 0.4) is 0 Å². The molecule has 0 aliphatic carbocycles. The number of piperidine rings is 1. The van der Waals surface area contributed by atoms with Crippen LogP contribution in [-0.4, -0.2) is 88.4 Å². The first-order chi connectivity index (χ1) is 15.6. The maximum atomic E-state index is 5.53. The normalized spacial score (nSPS) is 20.3. The van der Waals surface area contributed by atoms with Crippen molar-refractivity contribution >= 4 is 5.96 Å². The first-order valence-corrected chi connectivity index (χ1v) is 12.2. The fourth-order valence-corrected chi connectivity index (χ4v) is 4.70. The van der Waals surface area contributed by atoms with Crippen LogP contribution in [0.1, 0.15) is 32.3 Å². The van der Waals surface area contributed by atoms with Gasteiger partial charge in [-0.05, 0) is 55.5 Å².